The zero-order chi connectivity index (χ0) is 12.5. The van der Waals surface area contributed by atoms with Gasteiger partial charge in [0.05, 0.1) is 10.0 Å². The molecule has 2 nitrogen and oxygen atoms in total. The molecule has 8 heteroatoms. The number of anilines is 1. The Balaban J connectivity index is 2.96. The standard InChI is InChI=1S/C8H3Cl2F4NO/c9-4-1-3(2-5(10)6(4)11)15-7(16)8(12,13)14/h1-2H,(H,15,16). The molecule has 0 radical (unpaired) electrons. The van der Waals surface area contributed by atoms with Gasteiger partial charge in [-0.2, -0.15) is 13.2 Å². The molecule has 1 aromatic rings. The van der Waals surface area contributed by atoms with Gasteiger partial charge in [-0.25, -0.2) is 4.39 Å². The second-order valence-corrected chi connectivity index (χ2v) is 3.52. The van der Waals surface area contributed by atoms with Crippen LogP contribution < -0.4 is 5.32 Å². The summed E-state index contributed by atoms with van der Waals surface area (Å²) in [6.07, 6.45) is -5.03. The first-order chi connectivity index (χ1) is 7.21. The Bertz CT molecular complexity index is 410. The normalized spacial score (nSPS) is 11.4. The first-order valence-electron chi connectivity index (χ1n) is 3.74. The lowest BCUT2D eigenvalue weighted by molar-refractivity contribution is -0.167. The summed E-state index contributed by atoms with van der Waals surface area (Å²) < 4.78 is 48.5. The number of hydrogen-bond acceptors (Lipinski definition) is 1. The largest absolute Gasteiger partial charge is 0.471 e. The lowest BCUT2D eigenvalue weighted by Gasteiger charge is -2.09. The molecule has 0 unspecified atom stereocenters. The molecule has 0 saturated carbocycles. The van der Waals surface area contributed by atoms with Crippen molar-refractivity contribution in [2.24, 2.45) is 0 Å². The third-order valence-electron chi connectivity index (χ3n) is 1.50. The smallest absolute Gasteiger partial charge is 0.318 e. The van der Waals surface area contributed by atoms with Crippen molar-refractivity contribution >= 4 is 34.8 Å². The van der Waals surface area contributed by atoms with Crippen LogP contribution in [0.25, 0.3) is 0 Å². The molecule has 0 bridgehead atoms. The van der Waals surface area contributed by atoms with Crippen LogP contribution in [-0.4, -0.2) is 12.1 Å². The van der Waals surface area contributed by atoms with Gasteiger partial charge in [0.25, 0.3) is 0 Å². The topological polar surface area (TPSA) is 29.1 Å². The number of nitrogens with one attached hydrogen (secondary N) is 1. The molecule has 0 aliphatic rings. The summed E-state index contributed by atoms with van der Waals surface area (Å²) in [7, 11) is 0. The number of amides is 1. The number of rotatable bonds is 1. The Labute approximate surface area is 97.1 Å². The number of hydrogen-bond donors (Lipinski definition) is 1. The lowest BCUT2D eigenvalue weighted by atomic mass is 10.3. The Hall–Kier alpha value is -1.01. The van der Waals surface area contributed by atoms with Crippen LogP contribution in [0.3, 0.4) is 0 Å². The maximum Gasteiger partial charge on any atom is 0.471 e. The van der Waals surface area contributed by atoms with E-state index in [1.165, 1.54) is 5.32 Å². The molecule has 0 atom stereocenters. The maximum absolute atomic E-state index is 12.9. The van der Waals surface area contributed by atoms with Gasteiger partial charge in [0, 0.05) is 5.69 Å². The molecule has 16 heavy (non-hydrogen) atoms. The van der Waals surface area contributed by atoms with Gasteiger partial charge in [-0.05, 0) is 12.1 Å². The molecule has 1 rings (SSSR count). The average Bonchev–Trinajstić information content (AvgIpc) is 2.12. The first kappa shape index (κ1) is 13.1. The molecule has 1 aromatic carbocycles. The van der Waals surface area contributed by atoms with Gasteiger partial charge < -0.3 is 5.32 Å². The van der Waals surface area contributed by atoms with Crippen molar-refractivity contribution in [1.82, 2.24) is 0 Å². The van der Waals surface area contributed by atoms with Crippen molar-refractivity contribution in [3.63, 3.8) is 0 Å². The van der Waals surface area contributed by atoms with Crippen LogP contribution >= 0.6 is 23.2 Å². The molecule has 1 amide bonds. The number of halogens is 6. The van der Waals surface area contributed by atoms with Gasteiger partial charge in [0.1, 0.15) is 0 Å². The van der Waals surface area contributed by atoms with Crippen molar-refractivity contribution < 1.29 is 22.4 Å². The van der Waals surface area contributed by atoms with Crippen molar-refractivity contribution in [2.45, 2.75) is 6.18 Å². The number of carbonyl (C=O) groups is 1. The molecule has 0 heterocycles. The molecule has 0 aromatic heterocycles. The zero-order valence-corrected chi connectivity index (χ0v) is 8.84. The summed E-state index contributed by atoms with van der Waals surface area (Å²) in [6, 6.07) is 1.65. The van der Waals surface area contributed by atoms with Crippen LogP contribution in [0.1, 0.15) is 0 Å². The second kappa shape index (κ2) is 4.47. The van der Waals surface area contributed by atoms with Crippen LogP contribution in [0.2, 0.25) is 10.0 Å². The fourth-order valence-electron chi connectivity index (χ4n) is 0.830. The Kier molecular flexibility index (Phi) is 3.64. The predicted octanol–water partition coefficient (Wildman–Crippen LogP) is 3.63. The van der Waals surface area contributed by atoms with E-state index in [1.807, 2.05) is 0 Å². The summed E-state index contributed by atoms with van der Waals surface area (Å²) in [5, 5.41) is 0.528. The van der Waals surface area contributed by atoms with Crippen LogP contribution in [0.4, 0.5) is 23.2 Å². The summed E-state index contributed by atoms with van der Waals surface area (Å²) in [5.74, 6) is -3.15. The van der Waals surface area contributed by atoms with Gasteiger partial charge in [0.15, 0.2) is 5.82 Å². The summed E-state index contributed by atoms with van der Waals surface area (Å²) in [4.78, 5) is 10.5. The number of alkyl halides is 3. The maximum atomic E-state index is 12.9. The van der Waals surface area contributed by atoms with Crippen LogP contribution in [0.15, 0.2) is 12.1 Å². The molecule has 0 aliphatic carbocycles. The van der Waals surface area contributed by atoms with E-state index in [1.54, 1.807) is 0 Å². The fourth-order valence-corrected chi connectivity index (χ4v) is 1.32. The minimum absolute atomic E-state index is 0.335. The van der Waals surface area contributed by atoms with Gasteiger partial charge in [-0.15, -0.1) is 0 Å². The lowest BCUT2D eigenvalue weighted by Crippen LogP contribution is -2.29. The Morgan fingerprint density at radius 3 is 2.00 bits per heavy atom. The van der Waals surface area contributed by atoms with E-state index >= 15 is 0 Å². The molecule has 0 aliphatic heterocycles. The third kappa shape index (κ3) is 2.99. The van der Waals surface area contributed by atoms with E-state index in [9.17, 15) is 22.4 Å². The molecule has 0 spiro atoms. The van der Waals surface area contributed by atoms with E-state index in [2.05, 4.69) is 0 Å². The van der Waals surface area contributed by atoms with E-state index < -0.39 is 27.9 Å². The van der Waals surface area contributed by atoms with E-state index in [0.717, 1.165) is 12.1 Å². The monoisotopic (exact) mass is 275 g/mol. The summed E-state index contributed by atoms with van der Waals surface area (Å²) in [5.41, 5.74) is -0.335. The predicted molar refractivity (Wildman–Crippen MR) is 51.1 cm³/mol. The van der Waals surface area contributed by atoms with Crippen LogP contribution in [-0.2, 0) is 4.79 Å². The number of benzene rings is 1. The zero-order valence-electron chi connectivity index (χ0n) is 7.33. The highest BCUT2D eigenvalue weighted by molar-refractivity contribution is 6.35. The minimum Gasteiger partial charge on any atom is -0.318 e. The fraction of sp³-hybridized carbons (Fsp3) is 0.125. The van der Waals surface area contributed by atoms with Gasteiger partial charge in [-0.3, -0.25) is 4.79 Å². The van der Waals surface area contributed by atoms with E-state index in [4.69, 9.17) is 23.2 Å². The molecule has 0 fully saturated rings. The molecule has 1 N–H and O–H groups in total. The quantitative estimate of drug-likeness (QED) is 0.615. The minimum atomic E-state index is -5.03. The molecular formula is C8H3Cl2F4NO. The van der Waals surface area contributed by atoms with Gasteiger partial charge in [0.2, 0.25) is 0 Å². The highest BCUT2D eigenvalue weighted by Gasteiger charge is 2.38. The van der Waals surface area contributed by atoms with E-state index in [0.29, 0.717) is 0 Å². The highest BCUT2D eigenvalue weighted by Crippen LogP contribution is 2.28. The molecular weight excluding hydrogens is 273 g/mol. The number of carbonyl (C=O) groups excluding carboxylic acids is 1. The van der Waals surface area contributed by atoms with Gasteiger partial charge >= 0.3 is 12.1 Å². The SMILES string of the molecule is O=C(Nc1cc(Cl)c(F)c(Cl)c1)C(F)(F)F. The second-order valence-electron chi connectivity index (χ2n) is 2.71. The average molecular weight is 276 g/mol. The van der Waals surface area contributed by atoms with Crippen molar-refractivity contribution in [1.29, 1.82) is 0 Å². The van der Waals surface area contributed by atoms with E-state index in [-0.39, 0.29) is 5.69 Å². The van der Waals surface area contributed by atoms with Crippen molar-refractivity contribution in [3.05, 3.63) is 28.0 Å². The molecule has 0 saturated heterocycles. The van der Waals surface area contributed by atoms with Crippen LogP contribution in [0, 0.1) is 5.82 Å². The van der Waals surface area contributed by atoms with Crippen LogP contribution in [0.5, 0.6) is 0 Å². The Morgan fingerprint density at radius 1 is 1.19 bits per heavy atom. The Morgan fingerprint density at radius 2 is 1.62 bits per heavy atom. The van der Waals surface area contributed by atoms with Crippen molar-refractivity contribution in [2.75, 3.05) is 5.32 Å². The van der Waals surface area contributed by atoms with Crippen molar-refractivity contribution in [3.8, 4) is 0 Å². The highest BCUT2D eigenvalue weighted by atomic mass is 35.5. The third-order valence-corrected chi connectivity index (χ3v) is 2.05. The molecule has 88 valence electrons. The first-order valence-corrected chi connectivity index (χ1v) is 4.50. The van der Waals surface area contributed by atoms with Gasteiger partial charge in [-0.1, -0.05) is 23.2 Å². The summed E-state index contributed by atoms with van der Waals surface area (Å²) in [6.45, 7) is 0. The summed E-state index contributed by atoms with van der Waals surface area (Å²) >= 11 is 10.6.